The predicted molar refractivity (Wildman–Crippen MR) is 127 cm³/mol. The average Bonchev–Trinajstić information content (AvgIpc) is 3.29. The number of carbonyl (C=O) groups is 1. The minimum absolute atomic E-state index is 0.246. The zero-order chi connectivity index (χ0) is 21.9. The number of nitrogens with zero attached hydrogens (tertiary/aromatic N) is 5. The van der Waals surface area contributed by atoms with Crippen molar-refractivity contribution in [3.63, 3.8) is 0 Å². The summed E-state index contributed by atoms with van der Waals surface area (Å²) >= 11 is 0. The maximum absolute atomic E-state index is 12.4. The summed E-state index contributed by atoms with van der Waals surface area (Å²) in [6, 6.07) is 7.02. The van der Waals surface area contributed by atoms with E-state index in [9.17, 15) is 4.79 Å². The number of rotatable bonds is 4. The summed E-state index contributed by atoms with van der Waals surface area (Å²) < 4.78 is 2.35. The quantitative estimate of drug-likeness (QED) is 0.500. The third kappa shape index (κ3) is 3.17. The van der Waals surface area contributed by atoms with E-state index in [1.54, 1.807) is 0 Å². The molecule has 7 heteroatoms. The van der Waals surface area contributed by atoms with Crippen molar-refractivity contribution in [1.82, 2.24) is 29.4 Å². The Morgan fingerprint density at radius 1 is 1.09 bits per heavy atom. The maximum atomic E-state index is 12.4. The van der Waals surface area contributed by atoms with Gasteiger partial charge in [-0.1, -0.05) is 25.0 Å². The van der Waals surface area contributed by atoms with Crippen LogP contribution in [0.5, 0.6) is 0 Å². The molecule has 0 spiro atoms. The van der Waals surface area contributed by atoms with Gasteiger partial charge in [0.2, 0.25) is 5.91 Å². The summed E-state index contributed by atoms with van der Waals surface area (Å²) in [5, 5.41) is 0. The lowest BCUT2D eigenvalue weighted by Crippen LogP contribution is -2.30. The number of fused-ring (bicyclic) bond motifs is 2. The normalized spacial score (nSPS) is 19.2. The van der Waals surface area contributed by atoms with Gasteiger partial charge in [-0.25, -0.2) is 15.0 Å². The fourth-order valence-electron chi connectivity index (χ4n) is 5.43. The highest BCUT2D eigenvalue weighted by atomic mass is 16.2. The molecule has 0 unspecified atom stereocenters. The Balaban J connectivity index is 1.24. The van der Waals surface area contributed by atoms with Crippen LogP contribution < -0.4 is 0 Å². The van der Waals surface area contributed by atoms with E-state index in [2.05, 4.69) is 43.8 Å². The molecule has 3 aliphatic rings. The van der Waals surface area contributed by atoms with Crippen LogP contribution in [0.3, 0.4) is 0 Å². The van der Waals surface area contributed by atoms with Gasteiger partial charge in [0.1, 0.15) is 5.52 Å². The number of benzene rings is 1. The summed E-state index contributed by atoms with van der Waals surface area (Å²) in [7, 11) is 0. The zero-order valence-corrected chi connectivity index (χ0v) is 18.5. The highest BCUT2D eigenvalue weighted by Crippen LogP contribution is 2.36. The molecule has 3 aromatic heterocycles. The summed E-state index contributed by atoms with van der Waals surface area (Å²) in [4.78, 5) is 31.9. The number of carbonyl (C=O) groups excluding carboxylic acids is 1. The lowest BCUT2D eigenvalue weighted by atomic mass is 10.1. The molecule has 1 amide bonds. The van der Waals surface area contributed by atoms with Gasteiger partial charge in [0.05, 0.1) is 29.3 Å². The molecule has 4 aromatic rings. The molecule has 166 valence electrons. The number of H-pyrrole nitrogens is 1. The first-order chi connectivity index (χ1) is 16.2. The predicted octanol–water partition coefficient (Wildman–Crippen LogP) is 4.73. The van der Waals surface area contributed by atoms with Crippen molar-refractivity contribution in [2.75, 3.05) is 13.1 Å². The summed E-state index contributed by atoms with van der Waals surface area (Å²) in [5.74, 6) is 0.528. The van der Waals surface area contributed by atoms with Gasteiger partial charge < -0.3 is 14.5 Å². The summed E-state index contributed by atoms with van der Waals surface area (Å²) in [6.07, 6.45) is 15.1. The van der Waals surface area contributed by atoms with Gasteiger partial charge in [-0.2, -0.15) is 0 Å². The van der Waals surface area contributed by atoms with E-state index < -0.39 is 0 Å². The van der Waals surface area contributed by atoms with Crippen LogP contribution >= 0.6 is 0 Å². The molecule has 1 N–H and O–H groups in total. The fraction of sp³-hybridized carbons (Fsp3) is 0.385. The Kier molecular flexibility index (Phi) is 4.19. The first-order valence-electron chi connectivity index (χ1n) is 12.0. The average molecular weight is 439 g/mol. The minimum Gasteiger partial charge on any atom is -0.344 e. The Morgan fingerprint density at radius 2 is 1.97 bits per heavy atom. The number of hydrogen-bond acceptors (Lipinski definition) is 4. The molecule has 2 aliphatic carbocycles. The Hall–Kier alpha value is -3.48. The standard InChI is InChI=1S/C26H26N6O/c33-26(16-5-6-16)31-10-9-18(14-31)22-13-28-25-24(30-22)20(12-27-25)17-7-8-21-23(11-17)32(15-29-21)19-3-1-2-4-19/h7-9,11-13,15-16,19H,1-6,10,14H2,(H,27,28). The van der Waals surface area contributed by atoms with Crippen LogP contribution in [-0.2, 0) is 4.79 Å². The van der Waals surface area contributed by atoms with Crippen molar-refractivity contribution in [1.29, 1.82) is 0 Å². The number of nitrogens with one attached hydrogen (secondary N) is 1. The second-order valence-electron chi connectivity index (χ2n) is 9.67. The molecule has 7 rings (SSSR count). The van der Waals surface area contributed by atoms with Crippen LogP contribution in [-0.4, -0.2) is 48.4 Å². The highest BCUT2D eigenvalue weighted by molar-refractivity contribution is 5.94. The lowest BCUT2D eigenvalue weighted by Gasteiger charge is -2.15. The van der Waals surface area contributed by atoms with Crippen molar-refractivity contribution in [2.24, 2.45) is 5.92 Å². The molecule has 2 saturated carbocycles. The van der Waals surface area contributed by atoms with Crippen molar-refractivity contribution in [2.45, 2.75) is 44.6 Å². The lowest BCUT2D eigenvalue weighted by molar-refractivity contribution is -0.131. The number of imidazole rings is 1. The molecule has 4 heterocycles. The van der Waals surface area contributed by atoms with Crippen LogP contribution in [0.1, 0.15) is 50.3 Å². The Bertz CT molecular complexity index is 1420. The van der Waals surface area contributed by atoms with Crippen LogP contribution in [0.2, 0.25) is 0 Å². The van der Waals surface area contributed by atoms with Crippen LogP contribution in [0.15, 0.2) is 43.0 Å². The summed E-state index contributed by atoms with van der Waals surface area (Å²) in [6.45, 7) is 1.30. The van der Waals surface area contributed by atoms with Crippen molar-refractivity contribution in [3.05, 3.63) is 48.7 Å². The molecule has 1 aromatic carbocycles. The van der Waals surface area contributed by atoms with Crippen molar-refractivity contribution < 1.29 is 4.79 Å². The van der Waals surface area contributed by atoms with Crippen LogP contribution in [0, 0.1) is 5.92 Å². The smallest absolute Gasteiger partial charge is 0.226 e. The molecular weight excluding hydrogens is 412 g/mol. The summed E-state index contributed by atoms with van der Waals surface area (Å²) in [5.41, 5.74) is 7.97. The van der Waals surface area contributed by atoms with Crippen LogP contribution in [0.4, 0.5) is 0 Å². The van der Waals surface area contributed by atoms with E-state index >= 15 is 0 Å². The molecule has 0 saturated heterocycles. The van der Waals surface area contributed by atoms with E-state index in [0.717, 1.165) is 51.9 Å². The fourth-order valence-corrected chi connectivity index (χ4v) is 5.43. The SMILES string of the molecule is O=C(C1CC1)N1CC=C(c2cnc3[nH]cc(-c4ccc5ncn(C6CCCC6)c5c4)c3n2)C1. The van der Waals surface area contributed by atoms with E-state index in [-0.39, 0.29) is 11.8 Å². The molecule has 0 radical (unpaired) electrons. The maximum Gasteiger partial charge on any atom is 0.226 e. The van der Waals surface area contributed by atoms with Gasteiger partial charge in [-0.3, -0.25) is 4.79 Å². The molecule has 0 atom stereocenters. The number of amides is 1. The first kappa shape index (κ1) is 19.0. The van der Waals surface area contributed by atoms with Gasteiger partial charge >= 0.3 is 0 Å². The molecule has 2 fully saturated rings. The topological polar surface area (TPSA) is 79.7 Å². The van der Waals surface area contributed by atoms with Gasteiger partial charge in [-0.15, -0.1) is 0 Å². The Morgan fingerprint density at radius 3 is 2.82 bits per heavy atom. The van der Waals surface area contributed by atoms with E-state index in [0.29, 0.717) is 19.1 Å². The highest BCUT2D eigenvalue weighted by Gasteiger charge is 2.35. The second kappa shape index (κ2) is 7.27. The third-order valence-corrected chi connectivity index (χ3v) is 7.47. The zero-order valence-electron chi connectivity index (χ0n) is 18.5. The Labute approximate surface area is 191 Å². The second-order valence-corrected chi connectivity index (χ2v) is 9.67. The van der Waals surface area contributed by atoms with Gasteiger partial charge in [0.25, 0.3) is 0 Å². The van der Waals surface area contributed by atoms with Crippen molar-refractivity contribution in [3.8, 4) is 11.1 Å². The minimum atomic E-state index is 0.246. The number of aromatic nitrogens is 5. The van der Waals surface area contributed by atoms with Gasteiger partial charge in [0, 0.05) is 36.8 Å². The van der Waals surface area contributed by atoms with Crippen molar-refractivity contribution >= 4 is 33.7 Å². The van der Waals surface area contributed by atoms with E-state index in [1.165, 1.54) is 31.2 Å². The van der Waals surface area contributed by atoms with Gasteiger partial charge in [0.15, 0.2) is 5.65 Å². The first-order valence-corrected chi connectivity index (χ1v) is 12.0. The molecule has 33 heavy (non-hydrogen) atoms. The van der Waals surface area contributed by atoms with Crippen LogP contribution in [0.25, 0.3) is 38.9 Å². The molecular formula is C26H26N6O. The molecule has 1 aliphatic heterocycles. The molecule has 0 bridgehead atoms. The largest absolute Gasteiger partial charge is 0.344 e. The van der Waals surface area contributed by atoms with E-state index in [4.69, 9.17) is 4.98 Å². The third-order valence-electron chi connectivity index (χ3n) is 7.47. The number of hydrogen-bond donors (Lipinski definition) is 1. The number of aromatic amines is 1. The van der Waals surface area contributed by atoms with Gasteiger partial charge in [-0.05, 0) is 49.0 Å². The molecule has 7 nitrogen and oxygen atoms in total. The van der Waals surface area contributed by atoms with E-state index in [1.807, 2.05) is 23.6 Å². The monoisotopic (exact) mass is 438 g/mol.